The first-order chi connectivity index (χ1) is 7.53. The normalized spacial score (nSPS) is 23.8. The first-order valence-corrected chi connectivity index (χ1v) is 5.12. The molecule has 0 radical (unpaired) electrons. The van der Waals surface area contributed by atoms with E-state index in [1.807, 2.05) is 0 Å². The van der Waals surface area contributed by atoms with E-state index in [4.69, 9.17) is 5.11 Å². The van der Waals surface area contributed by atoms with Crippen molar-refractivity contribution in [1.29, 1.82) is 0 Å². The number of likely N-dealkylation sites (tertiary alicyclic amines) is 1. The molecule has 1 N–H and O–H groups in total. The Morgan fingerprint density at radius 2 is 1.94 bits per heavy atom. The van der Waals surface area contributed by atoms with Crippen LogP contribution < -0.4 is 0 Å². The summed E-state index contributed by atoms with van der Waals surface area (Å²) in [4.78, 5) is 22.4. The number of carboxylic acids is 1. The number of carboxylic acid groups (broad SMARTS) is 1. The molecule has 0 aliphatic carbocycles. The molecule has 1 aliphatic rings. The van der Waals surface area contributed by atoms with Gasteiger partial charge in [-0.3, -0.25) is 9.59 Å². The van der Waals surface area contributed by atoms with Crippen LogP contribution in [0, 0.1) is 5.41 Å². The maximum absolute atomic E-state index is 12.3. The van der Waals surface area contributed by atoms with Gasteiger partial charge in [0.05, 0.1) is 6.42 Å². The van der Waals surface area contributed by atoms with Gasteiger partial charge in [0, 0.05) is 12.6 Å². The van der Waals surface area contributed by atoms with Crippen LogP contribution in [0.15, 0.2) is 0 Å². The van der Waals surface area contributed by atoms with Crippen LogP contribution in [0.4, 0.5) is 13.2 Å². The number of alkyl halides is 3. The SMILES string of the molecule is CC1(C)CC(CC(=O)O)N(C(=O)C(F)(F)F)C1. The third-order valence-electron chi connectivity index (χ3n) is 2.74. The second-order valence-corrected chi connectivity index (χ2v) is 5.05. The largest absolute Gasteiger partial charge is 0.481 e. The highest BCUT2D eigenvalue weighted by Gasteiger charge is 2.50. The minimum atomic E-state index is -4.95. The van der Waals surface area contributed by atoms with Crippen LogP contribution >= 0.6 is 0 Å². The van der Waals surface area contributed by atoms with Crippen molar-refractivity contribution in [3.8, 4) is 0 Å². The zero-order valence-electron chi connectivity index (χ0n) is 9.54. The predicted molar refractivity (Wildman–Crippen MR) is 52.2 cm³/mol. The Balaban J connectivity index is 2.88. The van der Waals surface area contributed by atoms with E-state index in [0.717, 1.165) is 0 Å². The molecule has 0 saturated carbocycles. The number of aliphatic carboxylic acids is 1. The molecule has 1 rings (SSSR count). The molecule has 0 aromatic heterocycles. The molecule has 4 nitrogen and oxygen atoms in total. The lowest BCUT2D eigenvalue weighted by Gasteiger charge is -2.24. The molecular formula is C10H14F3NO3. The van der Waals surface area contributed by atoms with Crippen LogP contribution in [0.5, 0.6) is 0 Å². The van der Waals surface area contributed by atoms with Crippen molar-refractivity contribution < 1.29 is 27.9 Å². The van der Waals surface area contributed by atoms with Crippen LogP contribution in [0.25, 0.3) is 0 Å². The molecule has 1 aliphatic heterocycles. The summed E-state index contributed by atoms with van der Waals surface area (Å²) in [6.45, 7) is 3.36. The lowest BCUT2D eigenvalue weighted by Crippen LogP contribution is -2.45. The van der Waals surface area contributed by atoms with Gasteiger partial charge in [0.2, 0.25) is 0 Å². The number of nitrogens with zero attached hydrogens (tertiary/aromatic N) is 1. The van der Waals surface area contributed by atoms with E-state index in [0.29, 0.717) is 4.90 Å². The van der Waals surface area contributed by atoms with Crippen molar-refractivity contribution in [2.75, 3.05) is 6.54 Å². The molecule has 1 unspecified atom stereocenters. The van der Waals surface area contributed by atoms with Crippen LogP contribution in [-0.2, 0) is 9.59 Å². The molecular weight excluding hydrogens is 239 g/mol. The smallest absolute Gasteiger partial charge is 0.471 e. The second kappa shape index (κ2) is 4.19. The summed E-state index contributed by atoms with van der Waals surface area (Å²) in [6.07, 6.45) is -5.14. The van der Waals surface area contributed by atoms with Crippen LogP contribution in [0.3, 0.4) is 0 Å². The zero-order valence-corrected chi connectivity index (χ0v) is 9.54. The summed E-state index contributed by atoms with van der Waals surface area (Å²) < 4.78 is 37.0. The summed E-state index contributed by atoms with van der Waals surface area (Å²) >= 11 is 0. The number of hydrogen-bond donors (Lipinski definition) is 1. The molecule has 0 aromatic rings. The molecule has 0 bridgehead atoms. The number of carbonyl (C=O) groups excluding carboxylic acids is 1. The molecule has 1 fully saturated rings. The van der Waals surface area contributed by atoms with Gasteiger partial charge in [-0.05, 0) is 11.8 Å². The minimum Gasteiger partial charge on any atom is -0.481 e. The van der Waals surface area contributed by atoms with Gasteiger partial charge in [0.15, 0.2) is 0 Å². The lowest BCUT2D eigenvalue weighted by atomic mass is 9.90. The fraction of sp³-hybridized carbons (Fsp3) is 0.800. The van der Waals surface area contributed by atoms with Gasteiger partial charge in [-0.15, -0.1) is 0 Å². The summed E-state index contributed by atoms with van der Waals surface area (Å²) in [7, 11) is 0. The van der Waals surface area contributed by atoms with Gasteiger partial charge < -0.3 is 10.0 Å². The first-order valence-electron chi connectivity index (χ1n) is 5.12. The van der Waals surface area contributed by atoms with Crippen molar-refractivity contribution in [3.63, 3.8) is 0 Å². The summed E-state index contributed by atoms with van der Waals surface area (Å²) in [5.74, 6) is -3.15. The van der Waals surface area contributed by atoms with Crippen molar-refractivity contribution in [2.24, 2.45) is 5.41 Å². The van der Waals surface area contributed by atoms with E-state index in [1.165, 1.54) is 0 Å². The average molecular weight is 253 g/mol. The molecule has 1 amide bonds. The van der Waals surface area contributed by atoms with Crippen LogP contribution in [0.1, 0.15) is 26.7 Å². The van der Waals surface area contributed by atoms with Gasteiger partial charge >= 0.3 is 18.1 Å². The van der Waals surface area contributed by atoms with E-state index in [2.05, 4.69) is 0 Å². The quantitative estimate of drug-likeness (QED) is 0.814. The molecule has 7 heteroatoms. The Bertz CT molecular complexity index is 338. The number of hydrogen-bond acceptors (Lipinski definition) is 2. The zero-order chi connectivity index (χ0) is 13.4. The van der Waals surface area contributed by atoms with Crippen molar-refractivity contribution in [1.82, 2.24) is 4.90 Å². The molecule has 0 spiro atoms. The molecule has 1 saturated heterocycles. The molecule has 0 aromatic carbocycles. The topological polar surface area (TPSA) is 57.6 Å². The van der Waals surface area contributed by atoms with Crippen molar-refractivity contribution in [3.05, 3.63) is 0 Å². The minimum absolute atomic E-state index is 0.0662. The Morgan fingerprint density at radius 3 is 2.35 bits per heavy atom. The highest BCUT2D eigenvalue weighted by atomic mass is 19.4. The predicted octanol–water partition coefficient (Wildman–Crippen LogP) is 1.65. The van der Waals surface area contributed by atoms with E-state index in [9.17, 15) is 22.8 Å². The van der Waals surface area contributed by atoms with E-state index in [-0.39, 0.29) is 13.0 Å². The number of halogens is 3. The molecule has 17 heavy (non-hydrogen) atoms. The van der Waals surface area contributed by atoms with E-state index >= 15 is 0 Å². The second-order valence-electron chi connectivity index (χ2n) is 5.05. The standard InChI is InChI=1S/C10H14F3NO3/c1-9(2)4-6(3-7(15)16)14(5-9)8(17)10(11,12)13/h6H,3-5H2,1-2H3,(H,15,16). The third kappa shape index (κ3) is 3.34. The Hall–Kier alpha value is -1.27. The van der Waals surface area contributed by atoms with Gasteiger partial charge in [-0.1, -0.05) is 13.8 Å². The van der Waals surface area contributed by atoms with Crippen molar-refractivity contribution in [2.45, 2.75) is 38.9 Å². The monoisotopic (exact) mass is 253 g/mol. The number of rotatable bonds is 2. The van der Waals surface area contributed by atoms with E-state index in [1.54, 1.807) is 13.8 Å². The summed E-state index contributed by atoms with van der Waals surface area (Å²) in [6, 6.07) is -0.878. The van der Waals surface area contributed by atoms with Gasteiger partial charge in [-0.2, -0.15) is 13.2 Å². The highest BCUT2D eigenvalue weighted by Crippen LogP contribution is 2.37. The molecule has 98 valence electrons. The van der Waals surface area contributed by atoms with Gasteiger partial charge in [0.25, 0.3) is 0 Å². The van der Waals surface area contributed by atoms with E-state index < -0.39 is 35.9 Å². The molecule has 1 heterocycles. The van der Waals surface area contributed by atoms with Crippen LogP contribution in [0.2, 0.25) is 0 Å². The summed E-state index contributed by atoms with van der Waals surface area (Å²) in [5.41, 5.74) is -0.485. The summed E-state index contributed by atoms with van der Waals surface area (Å²) in [5, 5.41) is 8.63. The van der Waals surface area contributed by atoms with Gasteiger partial charge in [0.1, 0.15) is 0 Å². The maximum atomic E-state index is 12.3. The average Bonchev–Trinajstić information content (AvgIpc) is 2.36. The van der Waals surface area contributed by atoms with Gasteiger partial charge in [-0.25, -0.2) is 0 Å². The number of amides is 1. The van der Waals surface area contributed by atoms with Crippen molar-refractivity contribution >= 4 is 11.9 Å². The number of carbonyl (C=O) groups is 2. The first kappa shape index (κ1) is 13.8. The molecule has 1 atom stereocenters. The fourth-order valence-electron chi connectivity index (χ4n) is 2.19. The Morgan fingerprint density at radius 1 is 1.41 bits per heavy atom. The highest BCUT2D eigenvalue weighted by molar-refractivity contribution is 5.83. The maximum Gasteiger partial charge on any atom is 0.471 e. The lowest BCUT2D eigenvalue weighted by molar-refractivity contribution is -0.186. The Kier molecular flexibility index (Phi) is 3.40. The van der Waals surface area contributed by atoms with Crippen LogP contribution in [-0.4, -0.2) is 40.6 Å². The third-order valence-corrected chi connectivity index (χ3v) is 2.74. The Labute approximate surface area is 96.4 Å². The fourth-order valence-corrected chi connectivity index (χ4v) is 2.19.